The van der Waals surface area contributed by atoms with Gasteiger partial charge in [0.25, 0.3) is 0 Å². The summed E-state index contributed by atoms with van der Waals surface area (Å²) < 4.78 is 12.5. The molecule has 1 aromatic heterocycles. The van der Waals surface area contributed by atoms with Gasteiger partial charge in [0.15, 0.2) is 5.70 Å². The first kappa shape index (κ1) is 16.0. The number of carbonyl (C=O) groups excluding carboxylic acids is 1. The Hall–Kier alpha value is -2.89. The second kappa shape index (κ2) is 7.12. The van der Waals surface area contributed by atoms with Crippen molar-refractivity contribution >= 4 is 17.9 Å². The van der Waals surface area contributed by atoms with Gasteiger partial charge in [-0.3, -0.25) is 4.68 Å². The van der Waals surface area contributed by atoms with E-state index in [0.29, 0.717) is 12.5 Å². The summed E-state index contributed by atoms with van der Waals surface area (Å²) in [6, 6.07) is 7.37. The maximum atomic E-state index is 12.0. The van der Waals surface area contributed by atoms with Crippen molar-refractivity contribution in [2.45, 2.75) is 19.8 Å². The molecule has 0 amide bonds. The Labute approximate surface area is 140 Å². The second-order valence-electron chi connectivity index (χ2n) is 5.51. The van der Waals surface area contributed by atoms with E-state index in [2.05, 4.69) is 17.0 Å². The molecule has 1 aromatic carbocycles. The molecule has 0 bridgehead atoms. The van der Waals surface area contributed by atoms with E-state index in [1.165, 1.54) is 0 Å². The van der Waals surface area contributed by atoms with Crippen LogP contribution in [0.2, 0.25) is 0 Å². The summed E-state index contributed by atoms with van der Waals surface area (Å²) in [7, 11) is 1.81. The largest absolute Gasteiger partial charge is 0.494 e. The summed E-state index contributed by atoms with van der Waals surface area (Å²) in [6.45, 7) is 2.82. The van der Waals surface area contributed by atoms with Gasteiger partial charge in [0.05, 0.1) is 12.8 Å². The Morgan fingerprint density at radius 3 is 2.75 bits per heavy atom. The van der Waals surface area contributed by atoms with Crippen LogP contribution in [0.25, 0.3) is 6.08 Å². The summed E-state index contributed by atoms with van der Waals surface area (Å²) in [5.41, 5.74) is 1.80. The standard InChI is InChI=1S/C18H19N3O3/c1-3-4-9-23-15-7-5-14(6-8-15)17-20-16(18(22)24-17)10-13-11-19-21(2)12-13/h5-8,10-12H,3-4,9H2,1-2H3/b16-10-. The number of benzene rings is 1. The predicted octanol–water partition coefficient (Wildman–Crippen LogP) is 2.94. The van der Waals surface area contributed by atoms with E-state index in [0.717, 1.165) is 29.7 Å². The maximum Gasteiger partial charge on any atom is 0.363 e. The molecule has 0 saturated heterocycles. The number of rotatable bonds is 6. The normalized spacial score (nSPS) is 15.5. The highest BCUT2D eigenvalue weighted by atomic mass is 16.6. The van der Waals surface area contributed by atoms with Crippen LogP contribution in [-0.2, 0) is 16.6 Å². The fourth-order valence-corrected chi connectivity index (χ4v) is 2.23. The van der Waals surface area contributed by atoms with Crippen LogP contribution in [0, 0.1) is 0 Å². The molecule has 6 heteroatoms. The van der Waals surface area contributed by atoms with Crippen LogP contribution >= 0.6 is 0 Å². The van der Waals surface area contributed by atoms with Crippen LogP contribution in [0.3, 0.4) is 0 Å². The number of cyclic esters (lactones) is 1. The molecular formula is C18H19N3O3. The maximum absolute atomic E-state index is 12.0. The Balaban J connectivity index is 1.74. The summed E-state index contributed by atoms with van der Waals surface area (Å²) in [5.74, 6) is 0.635. The van der Waals surface area contributed by atoms with Crippen molar-refractivity contribution in [2.24, 2.45) is 12.0 Å². The van der Waals surface area contributed by atoms with E-state index in [1.54, 1.807) is 23.2 Å². The molecule has 0 saturated carbocycles. The van der Waals surface area contributed by atoms with E-state index in [9.17, 15) is 4.79 Å². The second-order valence-corrected chi connectivity index (χ2v) is 5.51. The SMILES string of the molecule is CCCCOc1ccc(C2=N/C(=C\c3cnn(C)c3)C(=O)O2)cc1. The lowest BCUT2D eigenvalue weighted by Gasteiger charge is -2.05. The number of hydrogen-bond donors (Lipinski definition) is 0. The Bertz CT molecular complexity index is 788. The van der Waals surface area contributed by atoms with Crippen LogP contribution in [0.1, 0.15) is 30.9 Å². The predicted molar refractivity (Wildman–Crippen MR) is 90.7 cm³/mol. The number of hydrogen-bond acceptors (Lipinski definition) is 5. The summed E-state index contributed by atoms with van der Waals surface area (Å²) in [6.07, 6.45) is 7.24. The zero-order valence-electron chi connectivity index (χ0n) is 13.7. The number of nitrogens with zero attached hydrogens (tertiary/aromatic N) is 3. The number of unbranched alkanes of at least 4 members (excludes halogenated alkanes) is 1. The van der Waals surface area contributed by atoms with Crippen LogP contribution in [-0.4, -0.2) is 28.3 Å². The molecule has 1 aliphatic heterocycles. The molecule has 0 aliphatic carbocycles. The van der Waals surface area contributed by atoms with Crippen molar-refractivity contribution in [2.75, 3.05) is 6.61 Å². The Morgan fingerprint density at radius 2 is 2.08 bits per heavy atom. The number of carbonyl (C=O) groups is 1. The van der Waals surface area contributed by atoms with Gasteiger partial charge in [0.2, 0.25) is 5.90 Å². The summed E-state index contributed by atoms with van der Waals surface area (Å²) in [5, 5.41) is 4.06. The number of ether oxygens (including phenoxy) is 2. The zero-order valence-corrected chi connectivity index (χ0v) is 13.7. The fraction of sp³-hybridized carbons (Fsp3) is 0.278. The Kier molecular flexibility index (Phi) is 4.74. The van der Waals surface area contributed by atoms with E-state index in [-0.39, 0.29) is 5.70 Å². The molecule has 6 nitrogen and oxygen atoms in total. The van der Waals surface area contributed by atoms with Gasteiger partial charge in [-0.1, -0.05) is 13.3 Å². The average Bonchev–Trinajstić information content (AvgIpc) is 3.15. The van der Waals surface area contributed by atoms with Gasteiger partial charge in [-0.25, -0.2) is 9.79 Å². The van der Waals surface area contributed by atoms with Gasteiger partial charge >= 0.3 is 5.97 Å². The van der Waals surface area contributed by atoms with Crippen molar-refractivity contribution < 1.29 is 14.3 Å². The lowest BCUT2D eigenvalue weighted by Crippen LogP contribution is -2.05. The molecular weight excluding hydrogens is 306 g/mol. The molecule has 0 spiro atoms. The Morgan fingerprint density at radius 1 is 1.29 bits per heavy atom. The van der Waals surface area contributed by atoms with E-state index >= 15 is 0 Å². The molecule has 0 N–H and O–H groups in total. The van der Waals surface area contributed by atoms with E-state index < -0.39 is 5.97 Å². The summed E-state index contributed by atoms with van der Waals surface area (Å²) >= 11 is 0. The molecule has 1 aliphatic rings. The molecule has 24 heavy (non-hydrogen) atoms. The minimum atomic E-state index is -0.461. The lowest BCUT2D eigenvalue weighted by atomic mass is 10.2. The quantitative estimate of drug-likeness (QED) is 0.465. The molecule has 2 aromatic rings. The van der Waals surface area contributed by atoms with Crippen molar-refractivity contribution in [1.29, 1.82) is 0 Å². The van der Waals surface area contributed by atoms with E-state index in [4.69, 9.17) is 9.47 Å². The van der Waals surface area contributed by atoms with Gasteiger partial charge in [-0.05, 0) is 36.8 Å². The third-order valence-electron chi connectivity index (χ3n) is 3.52. The van der Waals surface area contributed by atoms with Gasteiger partial charge in [-0.15, -0.1) is 0 Å². The number of aryl methyl sites for hydroxylation is 1. The fourth-order valence-electron chi connectivity index (χ4n) is 2.23. The first-order valence-electron chi connectivity index (χ1n) is 7.90. The third kappa shape index (κ3) is 3.71. The molecule has 0 atom stereocenters. The summed E-state index contributed by atoms with van der Waals surface area (Å²) in [4.78, 5) is 16.2. The average molecular weight is 325 g/mol. The highest BCUT2D eigenvalue weighted by Crippen LogP contribution is 2.20. The third-order valence-corrected chi connectivity index (χ3v) is 3.52. The molecule has 2 heterocycles. The molecule has 0 unspecified atom stereocenters. The van der Waals surface area contributed by atoms with Crippen LogP contribution in [0.5, 0.6) is 5.75 Å². The van der Waals surface area contributed by atoms with Crippen molar-refractivity contribution in [3.8, 4) is 5.75 Å². The van der Waals surface area contributed by atoms with Crippen LogP contribution in [0.4, 0.5) is 0 Å². The minimum absolute atomic E-state index is 0.265. The van der Waals surface area contributed by atoms with E-state index in [1.807, 2.05) is 31.3 Å². The van der Waals surface area contributed by atoms with Crippen molar-refractivity contribution in [3.05, 3.63) is 53.5 Å². The molecule has 0 fully saturated rings. The highest BCUT2D eigenvalue weighted by Gasteiger charge is 2.24. The van der Waals surface area contributed by atoms with Crippen LogP contribution < -0.4 is 4.74 Å². The van der Waals surface area contributed by atoms with Gasteiger partial charge in [0, 0.05) is 24.4 Å². The lowest BCUT2D eigenvalue weighted by molar-refractivity contribution is -0.129. The number of esters is 1. The smallest absolute Gasteiger partial charge is 0.363 e. The number of aromatic nitrogens is 2. The molecule has 124 valence electrons. The molecule has 3 rings (SSSR count). The zero-order chi connectivity index (χ0) is 16.9. The number of aliphatic imine (C=N–C) groups is 1. The monoisotopic (exact) mass is 325 g/mol. The topological polar surface area (TPSA) is 65.7 Å². The van der Waals surface area contributed by atoms with Crippen LogP contribution in [0.15, 0.2) is 47.3 Å². The first-order valence-corrected chi connectivity index (χ1v) is 7.90. The van der Waals surface area contributed by atoms with Gasteiger partial charge in [-0.2, -0.15) is 5.10 Å². The van der Waals surface area contributed by atoms with Gasteiger partial charge in [0.1, 0.15) is 5.75 Å². The first-order chi connectivity index (χ1) is 11.7. The molecule has 0 radical (unpaired) electrons. The van der Waals surface area contributed by atoms with Gasteiger partial charge < -0.3 is 9.47 Å². The highest BCUT2D eigenvalue weighted by molar-refractivity contribution is 6.12. The minimum Gasteiger partial charge on any atom is -0.494 e. The van der Waals surface area contributed by atoms with Crippen molar-refractivity contribution in [3.63, 3.8) is 0 Å². The van der Waals surface area contributed by atoms with Crippen molar-refractivity contribution in [1.82, 2.24) is 9.78 Å².